The lowest BCUT2D eigenvalue weighted by atomic mass is 10.7. The highest BCUT2D eigenvalue weighted by Crippen LogP contribution is 2.00. The molecule has 54 valence electrons. The van der Waals surface area contributed by atoms with Crippen molar-refractivity contribution in [3.8, 4) is 6.01 Å². The predicted octanol–water partition coefficient (Wildman–Crippen LogP) is 1.18. The SMILES string of the molecule is CSCOc1ncccn1. The van der Waals surface area contributed by atoms with Crippen LogP contribution in [0.1, 0.15) is 0 Å². The van der Waals surface area contributed by atoms with E-state index in [2.05, 4.69) is 9.97 Å². The number of ether oxygens (including phenoxy) is 1. The van der Waals surface area contributed by atoms with Gasteiger partial charge in [-0.15, -0.1) is 11.8 Å². The van der Waals surface area contributed by atoms with Gasteiger partial charge >= 0.3 is 6.01 Å². The van der Waals surface area contributed by atoms with Crippen molar-refractivity contribution in [3.05, 3.63) is 18.5 Å². The van der Waals surface area contributed by atoms with E-state index < -0.39 is 0 Å². The number of nitrogens with zero attached hydrogens (tertiary/aromatic N) is 2. The molecule has 1 rings (SSSR count). The van der Waals surface area contributed by atoms with Gasteiger partial charge in [-0.05, 0) is 12.3 Å². The molecule has 0 aliphatic rings. The molecular formula is C6H8N2OS. The lowest BCUT2D eigenvalue weighted by molar-refractivity contribution is 0.360. The standard InChI is InChI=1S/C6H8N2OS/c1-10-5-9-6-7-3-2-4-8-6/h2-4H,5H2,1H3. The first-order valence-corrected chi connectivity index (χ1v) is 4.21. The zero-order valence-electron chi connectivity index (χ0n) is 5.65. The van der Waals surface area contributed by atoms with Crippen LogP contribution in [0.15, 0.2) is 18.5 Å². The van der Waals surface area contributed by atoms with Crippen molar-refractivity contribution in [2.45, 2.75) is 0 Å². The largest absolute Gasteiger partial charge is 0.452 e. The van der Waals surface area contributed by atoms with Crippen molar-refractivity contribution in [3.63, 3.8) is 0 Å². The van der Waals surface area contributed by atoms with Gasteiger partial charge in [0.15, 0.2) is 0 Å². The van der Waals surface area contributed by atoms with Crippen LogP contribution in [-0.4, -0.2) is 22.2 Å². The number of thioether (sulfide) groups is 1. The van der Waals surface area contributed by atoms with E-state index in [0.29, 0.717) is 11.9 Å². The smallest absolute Gasteiger partial charge is 0.317 e. The molecule has 0 aliphatic carbocycles. The average Bonchev–Trinajstić information content (AvgIpc) is 2.03. The van der Waals surface area contributed by atoms with Crippen LogP contribution in [0.4, 0.5) is 0 Å². The second-order valence-corrected chi connectivity index (χ2v) is 2.40. The van der Waals surface area contributed by atoms with E-state index in [-0.39, 0.29) is 0 Å². The monoisotopic (exact) mass is 156 g/mol. The van der Waals surface area contributed by atoms with Crippen LogP contribution < -0.4 is 4.74 Å². The Morgan fingerprint density at radius 3 is 2.80 bits per heavy atom. The molecule has 0 unspecified atom stereocenters. The van der Waals surface area contributed by atoms with Gasteiger partial charge in [-0.3, -0.25) is 0 Å². The fourth-order valence-corrected chi connectivity index (χ4v) is 0.695. The molecule has 0 spiro atoms. The summed E-state index contributed by atoms with van der Waals surface area (Å²) in [5.74, 6) is 0.601. The Kier molecular flexibility index (Phi) is 3.02. The van der Waals surface area contributed by atoms with E-state index >= 15 is 0 Å². The number of rotatable bonds is 3. The van der Waals surface area contributed by atoms with Crippen molar-refractivity contribution >= 4 is 11.8 Å². The minimum absolute atomic E-state index is 0.442. The first-order valence-electron chi connectivity index (χ1n) is 2.82. The first-order chi connectivity index (χ1) is 4.93. The van der Waals surface area contributed by atoms with Gasteiger partial charge in [-0.1, -0.05) is 0 Å². The maximum absolute atomic E-state index is 5.10. The summed E-state index contributed by atoms with van der Waals surface area (Å²) in [5, 5.41) is 0. The lowest BCUT2D eigenvalue weighted by Crippen LogP contribution is -1.95. The molecule has 0 fully saturated rings. The number of hydrogen-bond acceptors (Lipinski definition) is 4. The van der Waals surface area contributed by atoms with E-state index in [4.69, 9.17) is 4.74 Å². The van der Waals surface area contributed by atoms with Gasteiger partial charge < -0.3 is 4.74 Å². The van der Waals surface area contributed by atoms with Gasteiger partial charge in [0.25, 0.3) is 0 Å². The van der Waals surface area contributed by atoms with Crippen LogP contribution in [0.2, 0.25) is 0 Å². The molecule has 0 aromatic carbocycles. The Balaban J connectivity index is 2.43. The van der Waals surface area contributed by atoms with Crippen LogP contribution >= 0.6 is 11.8 Å². The normalized spacial score (nSPS) is 9.30. The minimum atomic E-state index is 0.442. The summed E-state index contributed by atoms with van der Waals surface area (Å²) in [6, 6.07) is 2.20. The van der Waals surface area contributed by atoms with Crippen LogP contribution in [0.5, 0.6) is 6.01 Å². The number of hydrogen-bond donors (Lipinski definition) is 0. The average molecular weight is 156 g/mol. The molecular weight excluding hydrogens is 148 g/mol. The first kappa shape index (κ1) is 7.34. The maximum Gasteiger partial charge on any atom is 0.317 e. The summed E-state index contributed by atoms with van der Waals surface area (Å²) in [4.78, 5) is 7.74. The molecule has 3 nitrogen and oxygen atoms in total. The third-order valence-corrected chi connectivity index (χ3v) is 1.20. The molecule has 0 atom stereocenters. The van der Waals surface area contributed by atoms with E-state index in [1.165, 1.54) is 0 Å². The van der Waals surface area contributed by atoms with E-state index in [1.54, 1.807) is 30.2 Å². The Labute approximate surface area is 63.8 Å². The molecule has 0 aliphatic heterocycles. The third-order valence-electron chi connectivity index (χ3n) is 0.848. The Morgan fingerprint density at radius 1 is 1.50 bits per heavy atom. The van der Waals surface area contributed by atoms with Gasteiger partial charge in [-0.25, -0.2) is 9.97 Å². The van der Waals surface area contributed by atoms with Crippen molar-refractivity contribution in [1.82, 2.24) is 9.97 Å². The van der Waals surface area contributed by atoms with Crippen LogP contribution in [0.3, 0.4) is 0 Å². The quantitative estimate of drug-likeness (QED) is 0.615. The Bertz CT molecular complexity index is 180. The van der Waals surface area contributed by atoms with Crippen molar-refractivity contribution in [1.29, 1.82) is 0 Å². The van der Waals surface area contributed by atoms with E-state index in [9.17, 15) is 0 Å². The molecule has 1 heterocycles. The molecule has 10 heavy (non-hydrogen) atoms. The van der Waals surface area contributed by atoms with E-state index in [1.807, 2.05) is 6.26 Å². The highest BCUT2D eigenvalue weighted by atomic mass is 32.2. The highest BCUT2D eigenvalue weighted by molar-refractivity contribution is 7.98. The van der Waals surface area contributed by atoms with Gasteiger partial charge in [-0.2, -0.15) is 0 Å². The molecule has 0 radical (unpaired) electrons. The summed E-state index contributed by atoms with van der Waals surface area (Å²) in [6.07, 6.45) is 5.27. The van der Waals surface area contributed by atoms with Gasteiger partial charge in [0.05, 0.1) is 0 Å². The summed E-state index contributed by atoms with van der Waals surface area (Å²) >= 11 is 1.59. The molecule has 1 aromatic heterocycles. The van der Waals surface area contributed by atoms with E-state index in [0.717, 1.165) is 0 Å². The summed E-state index contributed by atoms with van der Waals surface area (Å²) in [5.41, 5.74) is 0. The second-order valence-electron chi connectivity index (χ2n) is 1.58. The molecule has 0 bridgehead atoms. The zero-order chi connectivity index (χ0) is 7.23. The summed E-state index contributed by atoms with van der Waals surface area (Å²) < 4.78 is 5.10. The van der Waals surface area contributed by atoms with Crippen LogP contribution in [0.25, 0.3) is 0 Å². The van der Waals surface area contributed by atoms with Crippen molar-refractivity contribution in [2.24, 2.45) is 0 Å². The third kappa shape index (κ3) is 2.23. The molecule has 0 saturated carbocycles. The summed E-state index contributed by atoms with van der Waals surface area (Å²) in [6.45, 7) is 0. The number of aromatic nitrogens is 2. The lowest BCUT2D eigenvalue weighted by Gasteiger charge is -1.98. The van der Waals surface area contributed by atoms with Crippen LogP contribution in [0, 0.1) is 0 Å². The molecule has 0 N–H and O–H groups in total. The predicted molar refractivity (Wildman–Crippen MR) is 41.0 cm³/mol. The van der Waals surface area contributed by atoms with Crippen molar-refractivity contribution in [2.75, 3.05) is 12.2 Å². The summed E-state index contributed by atoms with van der Waals surface area (Å²) in [7, 11) is 0. The highest BCUT2D eigenvalue weighted by Gasteiger charge is 1.90. The Morgan fingerprint density at radius 2 is 2.20 bits per heavy atom. The fraction of sp³-hybridized carbons (Fsp3) is 0.333. The van der Waals surface area contributed by atoms with Crippen molar-refractivity contribution < 1.29 is 4.74 Å². The molecule has 1 aromatic rings. The fourth-order valence-electron chi connectivity index (χ4n) is 0.472. The maximum atomic E-state index is 5.10. The van der Waals surface area contributed by atoms with Gasteiger partial charge in [0.1, 0.15) is 5.94 Å². The van der Waals surface area contributed by atoms with Gasteiger partial charge in [0, 0.05) is 12.4 Å². The zero-order valence-corrected chi connectivity index (χ0v) is 6.47. The second kappa shape index (κ2) is 4.11. The molecule has 4 heteroatoms. The Hall–Kier alpha value is -0.770. The minimum Gasteiger partial charge on any atom is -0.452 e. The topological polar surface area (TPSA) is 35.0 Å². The van der Waals surface area contributed by atoms with Gasteiger partial charge in [0.2, 0.25) is 0 Å². The molecule has 0 saturated heterocycles. The molecule has 0 amide bonds. The van der Waals surface area contributed by atoms with Crippen LogP contribution in [-0.2, 0) is 0 Å².